The number of hydrogen-bond donors (Lipinski definition) is 1. The molecule has 0 spiro atoms. The second-order valence-electron chi connectivity index (χ2n) is 7.20. The molecule has 0 saturated carbocycles. The smallest absolute Gasteiger partial charge is 0.410 e. The number of nitrogens with one attached hydrogen (secondary N) is 1. The summed E-state index contributed by atoms with van der Waals surface area (Å²) in [7, 11) is 1.71. The molecule has 0 atom stereocenters. The van der Waals surface area contributed by atoms with Crippen LogP contribution in [0.5, 0.6) is 0 Å². The third kappa shape index (κ3) is 4.72. The third-order valence-electron chi connectivity index (χ3n) is 3.80. The van der Waals surface area contributed by atoms with Crippen LogP contribution in [0.1, 0.15) is 20.8 Å². The fourth-order valence-electron chi connectivity index (χ4n) is 2.47. The number of ether oxygens (including phenoxy) is 1. The number of pyridine rings is 1. The molecule has 3 aromatic rings. The van der Waals surface area contributed by atoms with Crippen molar-refractivity contribution in [2.45, 2.75) is 26.4 Å². The van der Waals surface area contributed by atoms with Crippen LogP contribution in [0.2, 0.25) is 0 Å². The number of anilines is 1. The van der Waals surface area contributed by atoms with Crippen molar-refractivity contribution in [1.29, 1.82) is 0 Å². The van der Waals surface area contributed by atoms with Crippen molar-refractivity contribution in [2.24, 2.45) is 0 Å². The van der Waals surface area contributed by atoms with Crippen molar-refractivity contribution >= 4 is 17.6 Å². The summed E-state index contributed by atoms with van der Waals surface area (Å²) in [5.74, 6) is 0.702. The molecule has 0 radical (unpaired) electrons. The lowest BCUT2D eigenvalue weighted by atomic mass is 10.2. The minimum Gasteiger partial charge on any atom is -0.444 e. The van der Waals surface area contributed by atoms with Gasteiger partial charge in [0.1, 0.15) is 11.4 Å². The largest absolute Gasteiger partial charge is 0.444 e. The first kappa shape index (κ1) is 18.6. The van der Waals surface area contributed by atoms with Crippen LogP contribution >= 0.6 is 0 Å². The summed E-state index contributed by atoms with van der Waals surface area (Å²) in [6, 6.07) is 7.60. The van der Waals surface area contributed by atoms with Gasteiger partial charge >= 0.3 is 6.09 Å². The Bertz CT molecular complexity index is 917. The Hall–Kier alpha value is -3.16. The molecule has 8 nitrogen and oxygen atoms in total. The van der Waals surface area contributed by atoms with Crippen molar-refractivity contribution < 1.29 is 9.53 Å². The van der Waals surface area contributed by atoms with Crippen molar-refractivity contribution in [1.82, 2.24) is 24.5 Å². The monoisotopic (exact) mass is 368 g/mol. The van der Waals surface area contributed by atoms with E-state index in [1.54, 1.807) is 30.2 Å². The number of fused-ring (bicyclic) bond motifs is 1. The highest BCUT2D eigenvalue weighted by Gasteiger charge is 2.19. The Balaban J connectivity index is 1.65. The highest BCUT2D eigenvalue weighted by Crippen LogP contribution is 2.19. The number of carbonyl (C=O) groups is 1. The van der Waals surface area contributed by atoms with Crippen LogP contribution in [-0.4, -0.2) is 56.3 Å². The molecule has 0 aliphatic rings. The van der Waals surface area contributed by atoms with Crippen LogP contribution in [-0.2, 0) is 4.74 Å². The van der Waals surface area contributed by atoms with Gasteiger partial charge in [0.05, 0.1) is 11.9 Å². The van der Waals surface area contributed by atoms with Crippen LogP contribution in [0.25, 0.3) is 16.9 Å². The average molecular weight is 368 g/mol. The van der Waals surface area contributed by atoms with E-state index in [0.29, 0.717) is 18.9 Å². The van der Waals surface area contributed by atoms with Crippen LogP contribution in [0.3, 0.4) is 0 Å². The fourth-order valence-corrected chi connectivity index (χ4v) is 2.47. The number of imidazole rings is 1. The quantitative estimate of drug-likeness (QED) is 0.745. The molecule has 0 saturated heterocycles. The van der Waals surface area contributed by atoms with Gasteiger partial charge in [-0.05, 0) is 45.0 Å². The second kappa shape index (κ2) is 7.61. The van der Waals surface area contributed by atoms with Gasteiger partial charge in [-0.2, -0.15) is 0 Å². The van der Waals surface area contributed by atoms with E-state index >= 15 is 0 Å². The molecule has 0 unspecified atom stereocenters. The van der Waals surface area contributed by atoms with Crippen LogP contribution in [0.15, 0.2) is 42.9 Å². The van der Waals surface area contributed by atoms with Crippen molar-refractivity contribution in [3.63, 3.8) is 0 Å². The molecule has 3 heterocycles. The number of carbonyl (C=O) groups excluding carboxylic acids is 1. The first-order chi connectivity index (χ1) is 12.8. The summed E-state index contributed by atoms with van der Waals surface area (Å²) in [6.45, 7) is 6.59. The number of hydrogen-bond acceptors (Lipinski definition) is 6. The molecular formula is C19H24N6O2. The molecule has 8 heteroatoms. The number of rotatable bonds is 5. The minimum atomic E-state index is -0.504. The molecule has 3 rings (SSSR count). The van der Waals surface area contributed by atoms with Gasteiger partial charge in [0.2, 0.25) is 0 Å². The fraction of sp³-hybridized carbons (Fsp3) is 0.368. The van der Waals surface area contributed by atoms with Crippen LogP contribution in [0, 0.1) is 0 Å². The minimum absolute atomic E-state index is 0.345. The Labute approximate surface area is 158 Å². The highest BCUT2D eigenvalue weighted by atomic mass is 16.6. The Morgan fingerprint density at radius 1 is 1.22 bits per heavy atom. The molecule has 0 fully saturated rings. The van der Waals surface area contributed by atoms with E-state index in [1.807, 2.05) is 45.0 Å². The number of amides is 1. The lowest BCUT2D eigenvalue weighted by Crippen LogP contribution is -2.36. The maximum atomic E-state index is 12.0. The van der Waals surface area contributed by atoms with Crippen molar-refractivity contribution in [3.8, 4) is 11.3 Å². The predicted octanol–water partition coefficient (Wildman–Crippen LogP) is 3.07. The zero-order valence-corrected chi connectivity index (χ0v) is 16.0. The average Bonchev–Trinajstić information content (AvgIpc) is 3.04. The van der Waals surface area contributed by atoms with E-state index in [-0.39, 0.29) is 6.09 Å². The standard InChI is InChI=1S/C19H24N6O2/c1-19(2,3)27-18(26)24(4)12-11-21-16-5-6-17-22-13-15(25(17)23-16)14-7-9-20-10-8-14/h5-10,13H,11-12H2,1-4H3,(H,21,23). The lowest BCUT2D eigenvalue weighted by molar-refractivity contribution is 0.0305. The molecule has 0 bridgehead atoms. The van der Waals surface area contributed by atoms with Crippen LogP contribution in [0.4, 0.5) is 10.6 Å². The summed E-state index contributed by atoms with van der Waals surface area (Å²) >= 11 is 0. The second-order valence-corrected chi connectivity index (χ2v) is 7.20. The van der Waals surface area contributed by atoms with Gasteiger partial charge in [0.15, 0.2) is 5.65 Å². The summed E-state index contributed by atoms with van der Waals surface area (Å²) in [5, 5.41) is 7.83. The molecule has 3 aromatic heterocycles. The number of aromatic nitrogens is 4. The molecule has 1 N–H and O–H groups in total. The Kier molecular flexibility index (Phi) is 5.25. The Morgan fingerprint density at radius 2 is 1.96 bits per heavy atom. The van der Waals surface area contributed by atoms with Gasteiger partial charge in [-0.25, -0.2) is 14.3 Å². The number of nitrogens with zero attached hydrogens (tertiary/aromatic N) is 5. The van der Waals surface area contributed by atoms with Gasteiger partial charge in [-0.1, -0.05) is 0 Å². The summed E-state index contributed by atoms with van der Waals surface area (Å²) in [4.78, 5) is 21.9. The molecule has 0 aliphatic carbocycles. The first-order valence-electron chi connectivity index (χ1n) is 8.77. The number of likely N-dealkylation sites (N-methyl/N-ethyl adjacent to an activating group) is 1. The van der Waals surface area contributed by atoms with Crippen molar-refractivity contribution in [3.05, 3.63) is 42.9 Å². The van der Waals surface area contributed by atoms with E-state index < -0.39 is 5.60 Å². The third-order valence-corrected chi connectivity index (χ3v) is 3.80. The van der Waals surface area contributed by atoms with Gasteiger partial charge in [0.25, 0.3) is 0 Å². The topological polar surface area (TPSA) is 84.6 Å². The van der Waals surface area contributed by atoms with Gasteiger partial charge in [-0.3, -0.25) is 4.98 Å². The first-order valence-corrected chi connectivity index (χ1v) is 8.77. The van der Waals surface area contributed by atoms with Crippen LogP contribution < -0.4 is 5.32 Å². The molecular weight excluding hydrogens is 344 g/mol. The van der Waals surface area contributed by atoms with Crippen molar-refractivity contribution in [2.75, 3.05) is 25.5 Å². The molecule has 27 heavy (non-hydrogen) atoms. The van der Waals surface area contributed by atoms with E-state index in [1.165, 1.54) is 4.90 Å². The zero-order valence-electron chi connectivity index (χ0n) is 16.0. The summed E-state index contributed by atoms with van der Waals surface area (Å²) < 4.78 is 7.13. The molecule has 0 aromatic carbocycles. The van der Waals surface area contributed by atoms with Gasteiger partial charge in [0, 0.05) is 38.1 Å². The molecule has 1 amide bonds. The zero-order chi connectivity index (χ0) is 19.4. The normalized spacial score (nSPS) is 11.4. The molecule has 142 valence electrons. The molecule has 0 aliphatic heterocycles. The van der Waals surface area contributed by atoms with Gasteiger partial charge < -0.3 is 15.0 Å². The summed E-state index contributed by atoms with van der Waals surface area (Å²) in [5.41, 5.74) is 2.14. The maximum absolute atomic E-state index is 12.0. The van der Waals surface area contributed by atoms with E-state index in [9.17, 15) is 4.79 Å². The predicted molar refractivity (Wildman–Crippen MR) is 104 cm³/mol. The summed E-state index contributed by atoms with van der Waals surface area (Å²) in [6.07, 6.45) is 4.92. The highest BCUT2D eigenvalue weighted by molar-refractivity contribution is 5.67. The Morgan fingerprint density at radius 3 is 2.67 bits per heavy atom. The SMILES string of the molecule is CN(CCNc1ccc2ncc(-c3ccncc3)n2n1)C(=O)OC(C)(C)C. The van der Waals surface area contributed by atoms with E-state index in [2.05, 4.69) is 20.4 Å². The van der Waals surface area contributed by atoms with E-state index in [0.717, 1.165) is 16.9 Å². The lowest BCUT2D eigenvalue weighted by Gasteiger charge is -2.24. The van der Waals surface area contributed by atoms with Gasteiger partial charge in [-0.15, -0.1) is 5.10 Å². The maximum Gasteiger partial charge on any atom is 0.410 e. The van der Waals surface area contributed by atoms with E-state index in [4.69, 9.17) is 4.74 Å².